The average molecular weight is 481 g/mol. The molecule has 5 nitrogen and oxygen atoms in total. The molecule has 1 saturated heterocycles. The first kappa shape index (κ1) is 26.1. The molecule has 0 spiro atoms. The van der Waals surface area contributed by atoms with Gasteiger partial charge in [-0.2, -0.15) is 18.4 Å². The van der Waals surface area contributed by atoms with Crippen molar-refractivity contribution in [3.8, 4) is 6.07 Å². The number of ketones is 1. The van der Waals surface area contributed by atoms with Crippen molar-refractivity contribution in [3.63, 3.8) is 0 Å². The molecule has 3 rings (SSSR count). The van der Waals surface area contributed by atoms with Crippen molar-refractivity contribution < 1.29 is 22.4 Å². The third kappa shape index (κ3) is 6.78. The highest BCUT2D eigenvalue weighted by atomic mass is 19.4. The van der Waals surface area contributed by atoms with E-state index in [1.807, 2.05) is 6.07 Å². The smallest absolute Gasteiger partial charge is 0.367 e. The van der Waals surface area contributed by atoms with Crippen LogP contribution in [0.1, 0.15) is 56.9 Å². The van der Waals surface area contributed by atoms with Gasteiger partial charge in [-0.3, -0.25) is 9.69 Å². The molecule has 0 bridgehead atoms. The van der Waals surface area contributed by atoms with Crippen LogP contribution in [-0.2, 0) is 11.0 Å². The molecule has 1 saturated carbocycles. The summed E-state index contributed by atoms with van der Waals surface area (Å²) in [5.41, 5.74) is -0.994. The molecule has 0 aromatic heterocycles. The maximum absolute atomic E-state index is 14.4. The van der Waals surface area contributed by atoms with Crippen molar-refractivity contribution in [2.75, 3.05) is 37.6 Å². The summed E-state index contributed by atoms with van der Waals surface area (Å²) in [6.07, 6.45) is 1.09. The van der Waals surface area contributed by atoms with E-state index in [0.717, 1.165) is 44.7 Å². The molecule has 2 fully saturated rings. The molecule has 34 heavy (non-hydrogen) atoms. The number of carbonyl (C=O) groups excluding carboxylic acids is 1. The van der Waals surface area contributed by atoms with Gasteiger partial charge >= 0.3 is 6.18 Å². The number of alkyl halides is 3. The Morgan fingerprint density at radius 2 is 1.79 bits per heavy atom. The first-order valence-corrected chi connectivity index (χ1v) is 12.0. The van der Waals surface area contributed by atoms with Gasteiger partial charge in [0.05, 0.1) is 23.0 Å². The minimum atomic E-state index is -4.70. The third-order valence-corrected chi connectivity index (χ3v) is 7.10. The second-order valence-corrected chi connectivity index (χ2v) is 9.32. The first-order valence-electron chi connectivity index (χ1n) is 12.0. The van der Waals surface area contributed by atoms with Crippen LogP contribution in [-0.4, -0.2) is 49.1 Å². The molecule has 0 unspecified atom stereocenters. The maximum atomic E-state index is 14.4. The Bertz CT molecular complexity index is 895. The number of nitrogens with zero attached hydrogens (tertiary/aromatic N) is 3. The van der Waals surface area contributed by atoms with Gasteiger partial charge in [0.1, 0.15) is 0 Å². The van der Waals surface area contributed by atoms with Crippen LogP contribution < -0.4 is 4.90 Å². The first-order chi connectivity index (χ1) is 16.2. The summed E-state index contributed by atoms with van der Waals surface area (Å²) in [4.78, 5) is 16.1. The van der Waals surface area contributed by atoms with Gasteiger partial charge in [-0.15, -0.1) is 0 Å². The van der Waals surface area contributed by atoms with Gasteiger partial charge in [0, 0.05) is 44.9 Å². The molecule has 0 radical (unpaired) electrons. The molecule has 9 heteroatoms. The number of rotatable bonds is 9. The van der Waals surface area contributed by atoms with Crippen molar-refractivity contribution in [2.45, 2.75) is 57.5 Å². The quantitative estimate of drug-likeness (QED) is 0.290. The number of nitriles is 1. The Kier molecular flexibility index (Phi) is 9.06. The van der Waals surface area contributed by atoms with E-state index in [-0.39, 0.29) is 29.5 Å². The number of nitrogens with one attached hydrogen (secondary N) is 1. The number of halogens is 4. The molecule has 1 aliphatic heterocycles. The Labute approximate surface area is 198 Å². The lowest BCUT2D eigenvalue weighted by Gasteiger charge is -2.37. The molecule has 1 aromatic rings. The van der Waals surface area contributed by atoms with Crippen LogP contribution in [0.5, 0.6) is 0 Å². The number of unbranched alkanes of at least 4 members (excludes halogenated alkanes) is 1. The minimum Gasteiger partial charge on any atom is -0.367 e. The Hall–Kier alpha value is -2.47. The molecular formula is C25H32F4N4O. The lowest BCUT2D eigenvalue weighted by atomic mass is 9.77. The van der Waals surface area contributed by atoms with Crippen molar-refractivity contribution >= 4 is 17.2 Å². The summed E-state index contributed by atoms with van der Waals surface area (Å²) in [5.74, 6) is -0.767. The third-order valence-electron chi connectivity index (χ3n) is 7.10. The summed E-state index contributed by atoms with van der Waals surface area (Å²) < 4.78 is 53.4. The molecule has 1 aliphatic carbocycles. The number of hydrogen-bond donors (Lipinski definition) is 1. The SMILES string of the molecule is N#CCCCC(=O)C(=N)C1CCC(CCN2CCN(c3cccc(C(F)(F)F)c3F)CC2)CC1. The van der Waals surface area contributed by atoms with Gasteiger partial charge in [0.25, 0.3) is 0 Å². The highest BCUT2D eigenvalue weighted by molar-refractivity contribution is 6.39. The molecule has 1 N–H and O–H groups in total. The largest absolute Gasteiger partial charge is 0.419 e. The van der Waals surface area contributed by atoms with Gasteiger partial charge in [0.15, 0.2) is 11.6 Å². The highest BCUT2D eigenvalue weighted by Crippen LogP contribution is 2.36. The number of Topliss-reactive ketones (excluding diaryl/α,β-unsaturated/α-hetero) is 1. The molecule has 0 amide bonds. The fourth-order valence-electron chi connectivity index (χ4n) is 4.99. The predicted octanol–water partition coefficient (Wildman–Crippen LogP) is 5.45. The summed E-state index contributed by atoms with van der Waals surface area (Å²) in [6.45, 7) is 3.20. The van der Waals surface area contributed by atoms with Gasteiger partial charge < -0.3 is 10.3 Å². The van der Waals surface area contributed by atoms with Gasteiger partial charge in [-0.25, -0.2) is 4.39 Å². The Morgan fingerprint density at radius 3 is 2.41 bits per heavy atom. The number of hydrogen-bond acceptors (Lipinski definition) is 5. The van der Waals surface area contributed by atoms with E-state index in [0.29, 0.717) is 44.9 Å². The monoisotopic (exact) mass is 480 g/mol. The highest BCUT2D eigenvalue weighted by Gasteiger charge is 2.36. The number of carbonyl (C=O) groups is 1. The second kappa shape index (κ2) is 11.8. The van der Waals surface area contributed by atoms with E-state index in [1.54, 1.807) is 4.90 Å². The Balaban J connectivity index is 1.39. The molecular weight excluding hydrogens is 448 g/mol. The van der Waals surface area contributed by atoms with Crippen molar-refractivity contribution in [2.24, 2.45) is 11.8 Å². The van der Waals surface area contributed by atoms with Crippen LogP contribution in [0.25, 0.3) is 0 Å². The Morgan fingerprint density at radius 1 is 1.12 bits per heavy atom. The van der Waals surface area contributed by atoms with E-state index >= 15 is 0 Å². The van der Waals surface area contributed by atoms with Crippen LogP contribution in [0.3, 0.4) is 0 Å². The second-order valence-electron chi connectivity index (χ2n) is 9.32. The normalized spacial score (nSPS) is 21.8. The van der Waals surface area contributed by atoms with Crippen LogP contribution in [0, 0.1) is 34.4 Å². The summed E-state index contributed by atoms with van der Waals surface area (Å²) >= 11 is 0. The van der Waals surface area contributed by atoms with E-state index < -0.39 is 17.6 Å². The zero-order valence-electron chi connectivity index (χ0n) is 19.3. The zero-order chi connectivity index (χ0) is 24.7. The van der Waals surface area contributed by atoms with E-state index in [4.69, 9.17) is 10.7 Å². The van der Waals surface area contributed by atoms with E-state index in [2.05, 4.69) is 4.90 Å². The van der Waals surface area contributed by atoms with Crippen molar-refractivity contribution in [3.05, 3.63) is 29.6 Å². The minimum absolute atomic E-state index is 0.0115. The van der Waals surface area contributed by atoms with Crippen molar-refractivity contribution in [1.29, 1.82) is 10.7 Å². The average Bonchev–Trinajstić information content (AvgIpc) is 2.82. The van der Waals surface area contributed by atoms with Gasteiger partial charge in [-0.1, -0.05) is 6.07 Å². The van der Waals surface area contributed by atoms with Crippen LogP contribution >= 0.6 is 0 Å². The number of piperazine rings is 1. The topological polar surface area (TPSA) is 71.2 Å². The van der Waals surface area contributed by atoms with Crippen LogP contribution in [0.15, 0.2) is 18.2 Å². The van der Waals surface area contributed by atoms with E-state index in [1.165, 1.54) is 12.1 Å². The van der Waals surface area contributed by atoms with Crippen LogP contribution in [0.4, 0.5) is 23.2 Å². The van der Waals surface area contributed by atoms with Gasteiger partial charge in [-0.05, 0) is 63.1 Å². The summed E-state index contributed by atoms with van der Waals surface area (Å²) in [6, 6.07) is 5.46. The van der Waals surface area contributed by atoms with Crippen molar-refractivity contribution in [1.82, 2.24) is 4.90 Å². The van der Waals surface area contributed by atoms with Gasteiger partial charge in [0.2, 0.25) is 0 Å². The number of anilines is 1. The molecule has 2 aliphatic rings. The number of benzene rings is 1. The predicted molar refractivity (Wildman–Crippen MR) is 122 cm³/mol. The maximum Gasteiger partial charge on any atom is 0.419 e. The van der Waals surface area contributed by atoms with E-state index in [9.17, 15) is 22.4 Å². The summed E-state index contributed by atoms with van der Waals surface area (Å²) in [5, 5.41) is 16.8. The summed E-state index contributed by atoms with van der Waals surface area (Å²) in [7, 11) is 0. The molecule has 1 heterocycles. The molecule has 0 atom stereocenters. The van der Waals surface area contributed by atoms with Crippen LogP contribution in [0.2, 0.25) is 0 Å². The standard InChI is InChI=1S/C25H32F4N4O/c26-23-20(25(27,28)29)4-3-5-21(23)33-16-14-32(15-17-33)13-11-18-7-9-19(10-8-18)24(31)22(34)6-1-2-12-30/h3-5,18-19,31H,1-2,6-11,13-17H2. The fraction of sp³-hybridized carbons (Fsp3) is 0.640. The molecule has 1 aromatic carbocycles. The molecule has 186 valence electrons. The fourth-order valence-corrected chi connectivity index (χ4v) is 4.99. The zero-order valence-corrected chi connectivity index (χ0v) is 19.3. The lowest BCUT2D eigenvalue weighted by molar-refractivity contribution is -0.139. The lowest BCUT2D eigenvalue weighted by Crippen LogP contribution is -2.47.